The van der Waals surface area contributed by atoms with Crippen molar-refractivity contribution in [1.29, 1.82) is 0 Å². The summed E-state index contributed by atoms with van der Waals surface area (Å²) in [6.07, 6.45) is 0. The quantitative estimate of drug-likeness (QED) is 0.740. The molecule has 2 rings (SSSR count). The molecule has 0 amide bonds. The molecule has 0 saturated carbocycles. The van der Waals surface area contributed by atoms with Crippen LogP contribution in [-0.2, 0) is 10.1 Å². The molecule has 0 aliphatic rings. The number of thiophene rings is 1. The Balaban J connectivity index is 2.91. The fourth-order valence-corrected chi connectivity index (χ4v) is 2.79. The van der Waals surface area contributed by atoms with Crippen LogP contribution in [0.5, 0.6) is 0 Å². The van der Waals surface area contributed by atoms with Gasteiger partial charge in [-0.15, -0.1) is 0 Å². The van der Waals surface area contributed by atoms with Gasteiger partial charge in [0.05, 0.1) is 0 Å². The molecular formula is C8H6O3S2. The molecule has 0 fully saturated rings. The van der Waals surface area contributed by atoms with E-state index in [0.29, 0.717) is 5.39 Å². The van der Waals surface area contributed by atoms with E-state index in [4.69, 9.17) is 4.55 Å². The van der Waals surface area contributed by atoms with Gasteiger partial charge in [0.1, 0.15) is 4.90 Å². The van der Waals surface area contributed by atoms with Crippen LogP contribution >= 0.6 is 11.3 Å². The second-order valence-corrected chi connectivity index (χ2v) is 4.74. The normalized spacial score (nSPS) is 12.1. The Bertz CT molecular complexity index is 539. The standard InChI is InChI=1S/C8H6O3S2/c9-13(10,11)8-3-1-2-6-4-12-5-7(6)8/h1-5H,(H,9,10,11). The third-order valence-electron chi connectivity index (χ3n) is 1.76. The molecule has 1 aromatic carbocycles. The zero-order chi connectivity index (χ0) is 9.47. The van der Waals surface area contributed by atoms with Crippen LogP contribution in [0.3, 0.4) is 0 Å². The summed E-state index contributed by atoms with van der Waals surface area (Å²) in [6, 6.07) is 4.81. The highest BCUT2D eigenvalue weighted by Gasteiger charge is 2.13. The fraction of sp³-hybridized carbons (Fsp3) is 0. The molecule has 13 heavy (non-hydrogen) atoms. The molecule has 0 atom stereocenters. The summed E-state index contributed by atoms with van der Waals surface area (Å²) in [5.74, 6) is 0. The minimum Gasteiger partial charge on any atom is -0.282 e. The van der Waals surface area contributed by atoms with E-state index in [1.165, 1.54) is 17.4 Å². The predicted octanol–water partition coefficient (Wildman–Crippen LogP) is 2.15. The minimum atomic E-state index is -4.09. The molecule has 1 N–H and O–H groups in total. The summed E-state index contributed by atoms with van der Waals surface area (Å²) in [5.41, 5.74) is 0. The smallest absolute Gasteiger partial charge is 0.282 e. The lowest BCUT2D eigenvalue weighted by atomic mass is 10.2. The molecule has 3 nitrogen and oxygen atoms in total. The summed E-state index contributed by atoms with van der Waals surface area (Å²) in [6.45, 7) is 0. The fourth-order valence-electron chi connectivity index (χ4n) is 1.19. The lowest BCUT2D eigenvalue weighted by molar-refractivity contribution is 0.484. The van der Waals surface area contributed by atoms with Crippen molar-refractivity contribution < 1.29 is 13.0 Å². The van der Waals surface area contributed by atoms with Gasteiger partial charge in [-0.25, -0.2) is 0 Å². The molecule has 0 aliphatic carbocycles. The lowest BCUT2D eigenvalue weighted by Crippen LogP contribution is -1.97. The van der Waals surface area contributed by atoms with Crippen LogP contribution in [0.2, 0.25) is 0 Å². The Kier molecular flexibility index (Phi) is 1.87. The van der Waals surface area contributed by atoms with Crippen LogP contribution in [0, 0.1) is 0 Å². The summed E-state index contributed by atoms with van der Waals surface area (Å²) >= 11 is 1.41. The minimum absolute atomic E-state index is 0.0220. The van der Waals surface area contributed by atoms with E-state index < -0.39 is 10.1 Å². The first-order valence-corrected chi connectivity index (χ1v) is 5.90. The van der Waals surface area contributed by atoms with E-state index in [1.807, 2.05) is 5.38 Å². The molecule has 68 valence electrons. The highest BCUT2D eigenvalue weighted by Crippen LogP contribution is 2.25. The van der Waals surface area contributed by atoms with Crippen molar-refractivity contribution in [2.75, 3.05) is 0 Å². The topological polar surface area (TPSA) is 54.4 Å². The maximum Gasteiger partial charge on any atom is 0.295 e. The van der Waals surface area contributed by atoms with Crippen LogP contribution in [0.15, 0.2) is 33.9 Å². The van der Waals surface area contributed by atoms with E-state index in [0.717, 1.165) is 5.39 Å². The van der Waals surface area contributed by atoms with Gasteiger partial charge in [0.2, 0.25) is 0 Å². The number of hydrogen-bond acceptors (Lipinski definition) is 3. The van der Waals surface area contributed by atoms with Crippen LogP contribution in [0.25, 0.3) is 10.8 Å². The zero-order valence-corrected chi connectivity index (χ0v) is 8.10. The first-order chi connectivity index (χ1) is 6.09. The second-order valence-electron chi connectivity index (χ2n) is 2.61. The van der Waals surface area contributed by atoms with Crippen molar-refractivity contribution in [3.8, 4) is 0 Å². The van der Waals surface area contributed by atoms with Crippen molar-refractivity contribution >= 4 is 32.2 Å². The summed E-state index contributed by atoms with van der Waals surface area (Å²) < 4.78 is 30.7. The van der Waals surface area contributed by atoms with E-state index in [1.54, 1.807) is 17.5 Å². The molecule has 1 aromatic heterocycles. The average Bonchev–Trinajstić information content (AvgIpc) is 2.48. The van der Waals surface area contributed by atoms with Crippen molar-refractivity contribution in [2.45, 2.75) is 4.90 Å². The van der Waals surface area contributed by atoms with Crippen LogP contribution in [0.4, 0.5) is 0 Å². The molecule has 0 radical (unpaired) electrons. The van der Waals surface area contributed by atoms with Gasteiger partial charge in [-0.2, -0.15) is 19.8 Å². The monoisotopic (exact) mass is 214 g/mol. The number of rotatable bonds is 1. The third kappa shape index (κ3) is 1.46. The third-order valence-corrected chi connectivity index (χ3v) is 3.43. The van der Waals surface area contributed by atoms with Gasteiger partial charge in [0.25, 0.3) is 10.1 Å². The van der Waals surface area contributed by atoms with Gasteiger partial charge in [-0.05, 0) is 22.2 Å². The van der Waals surface area contributed by atoms with E-state index in [2.05, 4.69) is 0 Å². The Labute approximate surface area is 79.4 Å². The van der Waals surface area contributed by atoms with Crippen LogP contribution < -0.4 is 0 Å². The first kappa shape index (κ1) is 8.68. The van der Waals surface area contributed by atoms with Crippen LogP contribution in [0.1, 0.15) is 0 Å². The molecule has 2 aromatic rings. The lowest BCUT2D eigenvalue weighted by Gasteiger charge is -1.97. The first-order valence-electron chi connectivity index (χ1n) is 3.51. The van der Waals surface area contributed by atoms with Crippen molar-refractivity contribution in [3.05, 3.63) is 29.0 Å². The molecular weight excluding hydrogens is 208 g/mol. The van der Waals surface area contributed by atoms with Crippen LogP contribution in [-0.4, -0.2) is 13.0 Å². The molecule has 0 aliphatic heterocycles. The Morgan fingerprint density at radius 3 is 2.69 bits per heavy atom. The van der Waals surface area contributed by atoms with E-state index in [9.17, 15) is 8.42 Å². The molecule has 1 heterocycles. The molecule has 5 heteroatoms. The second kappa shape index (κ2) is 2.80. The van der Waals surface area contributed by atoms with Gasteiger partial charge in [0.15, 0.2) is 0 Å². The van der Waals surface area contributed by atoms with Gasteiger partial charge in [0, 0.05) is 5.39 Å². The Morgan fingerprint density at radius 1 is 1.23 bits per heavy atom. The largest absolute Gasteiger partial charge is 0.295 e. The molecule has 0 unspecified atom stereocenters. The Hall–Kier alpha value is -0.910. The van der Waals surface area contributed by atoms with Crippen molar-refractivity contribution in [1.82, 2.24) is 0 Å². The number of hydrogen-bond donors (Lipinski definition) is 1. The van der Waals surface area contributed by atoms with E-state index in [-0.39, 0.29) is 4.90 Å². The van der Waals surface area contributed by atoms with E-state index >= 15 is 0 Å². The summed E-state index contributed by atoms with van der Waals surface area (Å²) in [5, 5.41) is 4.96. The summed E-state index contributed by atoms with van der Waals surface area (Å²) in [7, 11) is -4.09. The summed E-state index contributed by atoms with van der Waals surface area (Å²) in [4.78, 5) is -0.0220. The maximum atomic E-state index is 10.9. The van der Waals surface area contributed by atoms with Crippen molar-refractivity contribution in [2.24, 2.45) is 0 Å². The van der Waals surface area contributed by atoms with Gasteiger partial charge >= 0.3 is 0 Å². The highest BCUT2D eigenvalue weighted by molar-refractivity contribution is 7.86. The molecule has 0 saturated heterocycles. The van der Waals surface area contributed by atoms with Gasteiger partial charge in [-0.3, -0.25) is 4.55 Å². The van der Waals surface area contributed by atoms with Crippen molar-refractivity contribution in [3.63, 3.8) is 0 Å². The highest BCUT2D eigenvalue weighted by atomic mass is 32.2. The Morgan fingerprint density at radius 2 is 2.00 bits per heavy atom. The molecule has 0 bridgehead atoms. The number of fused-ring (bicyclic) bond motifs is 1. The van der Waals surface area contributed by atoms with Gasteiger partial charge < -0.3 is 0 Å². The molecule has 0 spiro atoms. The predicted molar refractivity (Wildman–Crippen MR) is 51.6 cm³/mol. The number of benzene rings is 1. The average molecular weight is 214 g/mol. The van der Waals surface area contributed by atoms with Gasteiger partial charge in [-0.1, -0.05) is 12.1 Å². The SMILES string of the molecule is O=S(=O)(O)c1cccc2cscc12. The zero-order valence-electron chi connectivity index (χ0n) is 6.47. The maximum absolute atomic E-state index is 10.9.